The average molecular weight is 739 g/mol. The van der Waals surface area contributed by atoms with E-state index in [1.165, 1.54) is 78.2 Å². The molecule has 6 heteroatoms. The predicted molar refractivity (Wildman–Crippen MR) is 236 cm³/mol. The third kappa shape index (κ3) is 4.30. The van der Waals surface area contributed by atoms with Crippen LogP contribution in [0.3, 0.4) is 0 Å². The van der Waals surface area contributed by atoms with Gasteiger partial charge in [0.15, 0.2) is 0 Å². The molecule has 8 aromatic rings. The Morgan fingerprint density at radius 2 is 1.32 bits per heavy atom. The van der Waals surface area contributed by atoms with E-state index in [4.69, 9.17) is 9.97 Å². The largest absolute Gasteiger partial charge is 0.381 e. The van der Waals surface area contributed by atoms with Crippen molar-refractivity contribution in [2.75, 3.05) is 25.0 Å². The number of dihydropyridines is 1. The maximum absolute atomic E-state index is 4.97. The summed E-state index contributed by atoms with van der Waals surface area (Å²) in [6, 6.07) is 36.3. The zero-order valence-corrected chi connectivity index (χ0v) is 32.9. The molecule has 0 amide bonds. The molecule has 12 rings (SSSR count). The number of nitrogens with one attached hydrogen (secondary N) is 1. The van der Waals surface area contributed by atoms with Crippen LogP contribution in [0, 0.1) is 0 Å². The van der Waals surface area contributed by atoms with Crippen LogP contribution in [0.1, 0.15) is 55.6 Å². The molecule has 6 nitrogen and oxygen atoms in total. The van der Waals surface area contributed by atoms with Crippen LogP contribution in [0.2, 0.25) is 0 Å². The molecule has 1 N–H and O–H groups in total. The molecule has 4 aromatic carbocycles. The molecule has 0 saturated heterocycles. The summed E-state index contributed by atoms with van der Waals surface area (Å²) < 4.78 is 4.82. The summed E-state index contributed by atoms with van der Waals surface area (Å²) in [6.45, 7) is 11.0. The summed E-state index contributed by atoms with van der Waals surface area (Å²) in [4.78, 5) is 12.2. The Bertz CT molecular complexity index is 3180. The van der Waals surface area contributed by atoms with Crippen LogP contribution >= 0.6 is 0 Å². The first-order valence-electron chi connectivity index (χ1n) is 20.1. The van der Waals surface area contributed by atoms with Gasteiger partial charge in [0, 0.05) is 82.3 Å². The van der Waals surface area contributed by atoms with Gasteiger partial charge >= 0.3 is 0 Å². The molecular formula is C51H42N6. The molecule has 6 heterocycles. The van der Waals surface area contributed by atoms with Crippen molar-refractivity contribution in [2.45, 2.75) is 38.5 Å². The van der Waals surface area contributed by atoms with Crippen molar-refractivity contribution in [2.24, 2.45) is 0 Å². The number of likely N-dealkylation sites (N-methyl/N-ethyl adjacent to an activating group) is 1. The number of hydrogen-bond donors (Lipinski definition) is 1. The van der Waals surface area contributed by atoms with Gasteiger partial charge in [-0.1, -0.05) is 76.3 Å². The number of fused-ring (bicyclic) bond motifs is 11. The molecule has 0 unspecified atom stereocenters. The third-order valence-electron chi connectivity index (χ3n) is 13.4. The van der Waals surface area contributed by atoms with E-state index in [-0.39, 0.29) is 10.8 Å². The summed E-state index contributed by atoms with van der Waals surface area (Å²) in [6.07, 6.45) is 12.9. The first-order chi connectivity index (χ1) is 27.7. The minimum atomic E-state index is -0.0917. The lowest BCUT2D eigenvalue weighted by Gasteiger charge is -2.24. The number of hydrogen-bond acceptors (Lipinski definition) is 4. The number of rotatable bonds is 3. The maximum atomic E-state index is 4.97. The van der Waals surface area contributed by atoms with Crippen molar-refractivity contribution < 1.29 is 0 Å². The molecule has 276 valence electrons. The Morgan fingerprint density at radius 1 is 0.614 bits per heavy atom. The fraction of sp³-hybridized carbons (Fsp3) is 0.176. The van der Waals surface area contributed by atoms with E-state index in [9.17, 15) is 0 Å². The Labute approximate surface area is 332 Å². The lowest BCUT2D eigenvalue weighted by molar-refractivity contribution is 0.650. The number of nitrogens with zero attached hydrogens (tertiary/aromatic N) is 5. The van der Waals surface area contributed by atoms with Crippen LogP contribution in [-0.4, -0.2) is 39.2 Å². The van der Waals surface area contributed by atoms with E-state index < -0.39 is 0 Å². The zero-order chi connectivity index (χ0) is 38.4. The van der Waals surface area contributed by atoms with Gasteiger partial charge in [-0.15, -0.1) is 0 Å². The molecule has 0 saturated carbocycles. The summed E-state index contributed by atoms with van der Waals surface area (Å²) in [7, 11) is 2.21. The van der Waals surface area contributed by atoms with Crippen molar-refractivity contribution >= 4 is 50.3 Å². The van der Waals surface area contributed by atoms with Crippen LogP contribution < -0.4 is 10.2 Å². The molecule has 57 heavy (non-hydrogen) atoms. The fourth-order valence-electron chi connectivity index (χ4n) is 10.5. The first-order valence-corrected chi connectivity index (χ1v) is 20.1. The van der Waals surface area contributed by atoms with E-state index >= 15 is 0 Å². The maximum Gasteiger partial charge on any atom is 0.0963 e. The first kappa shape index (κ1) is 32.6. The van der Waals surface area contributed by atoms with Gasteiger partial charge in [0.2, 0.25) is 0 Å². The molecule has 0 bridgehead atoms. The van der Waals surface area contributed by atoms with Crippen LogP contribution in [0.25, 0.3) is 78.4 Å². The lowest BCUT2D eigenvalue weighted by Crippen LogP contribution is -2.20. The highest BCUT2D eigenvalue weighted by Crippen LogP contribution is 2.50. The summed E-state index contributed by atoms with van der Waals surface area (Å²) in [5.74, 6) is 0. The van der Waals surface area contributed by atoms with E-state index in [0.29, 0.717) is 0 Å². The second-order valence-corrected chi connectivity index (χ2v) is 17.2. The number of benzene rings is 4. The van der Waals surface area contributed by atoms with E-state index in [1.807, 2.05) is 18.5 Å². The predicted octanol–water partition coefficient (Wildman–Crippen LogP) is 11.1. The lowest BCUT2D eigenvalue weighted by atomic mass is 9.81. The van der Waals surface area contributed by atoms with Gasteiger partial charge in [-0.25, -0.2) is 0 Å². The van der Waals surface area contributed by atoms with E-state index in [2.05, 4.69) is 169 Å². The topological polar surface area (TPSA) is 50.9 Å². The van der Waals surface area contributed by atoms with Crippen LogP contribution in [0.4, 0.5) is 5.69 Å². The van der Waals surface area contributed by atoms with Crippen molar-refractivity contribution in [1.82, 2.24) is 24.4 Å². The standard InChI is InChI=1S/C51H42N6/c1-50(2)38-18-16-32(28-34(38)46-40(50)10-6-22-52-46)56-42-20-14-30(26-36(42)48-44(56)12-8-24-54-48)31-15-21-43-37(27-31)49-45(13-9-25-55(49)5)57(43)33-17-19-39-35(29-33)47-41(51(39,3)4)11-7-23-53-47/h6-22,24,26-29,53H,23,25H2,1-5H3. The summed E-state index contributed by atoms with van der Waals surface area (Å²) in [5.41, 5.74) is 21.7. The molecule has 2 aliphatic carbocycles. The summed E-state index contributed by atoms with van der Waals surface area (Å²) >= 11 is 0. The van der Waals surface area contributed by atoms with Crippen molar-refractivity contribution in [3.8, 4) is 33.8 Å². The number of anilines is 1. The smallest absolute Gasteiger partial charge is 0.0963 e. The highest BCUT2D eigenvalue weighted by Gasteiger charge is 2.38. The molecule has 0 atom stereocenters. The molecular weight excluding hydrogens is 697 g/mol. The quantitative estimate of drug-likeness (QED) is 0.196. The minimum Gasteiger partial charge on any atom is -0.381 e. The molecule has 4 aliphatic rings. The van der Waals surface area contributed by atoms with Gasteiger partial charge in [-0.3, -0.25) is 9.97 Å². The van der Waals surface area contributed by atoms with Gasteiger partial charge in [0.25, 0.3) is 0 Å². The Balaban J connectivity index is 1.01. The Morgan fingerprint density at radius 3 is 2.14 bits per heavy atom. The Kier molecular flexibility index (Phi) is 6.42. The second-order valence-electron chi connectivity index (χ2n) is 17.2. The molecule has 0 radical (unpaired) electrons. The van der Waals surface area contributed by atoms with Crippen LogP contribution in [-0.2, 0) is 10.8 Å². The van der Waals surface area contributed by atoms with E-state index in [0.717, 1.165) is 46.4 Å². The van der Waals surface area contributed by atoms with Crippen LogP contribution in [0.15, 0.2) is 133 Å². The normalized spacial score (nSPS) is 16.9. The third-order valence-corrected chi connectivity index (χ3v) is 13.4. The molecule has 2 aliphatic heterocycles. The number of allylic oxidation sites excluding steroid dienone is 2. The van der Waals surface area contributed by atoms with Gasteiger partial charge in [0.05, 0.1) is 39.1 Å². The zero-order valence-electron chi connectivity index (χ0n) is 32.9. The highest BCUT2D eigenvalue weighted by molar-refractivity contribution is 6.09. The van der Waals surface area contributed by atoms with Crippen molar-refractivity contribution in [3.05, 3.63) is 161 Å². The highest BCUT2D eigenvalue weighted by atomic mass is 15.1. The summed E-state index contributed by atoms with van der Waals surface area (Å²) in [5, 5.41) is 6.10. The van der Waals surface area contributed by atoms with Gasteiger partial charge in [-0.2, -0.15) is 0 Å². The Hall–Kier alpha value is -6.66. The van der Waals surface area contributed by atoms with E-state index in [1.54, 1.807) is 0 Å². The second kappa shape index (κ2) is 11.2. The number of pyridine rings is 2. The molecule has 0 fully saturated rings. The molecule has 4 aromatic heterocycles. The van der Waals surface area contributed by atoms with Gasteiger partial charge in [0.1, 0.15) is 0 Å². The monoisotopic (exact) mass is 738 g/mol. The fourth-order valence-corrected chi connectivity index (χ4v) is 10.5. The average Bonchev–Trinajstić information content (AvgIpc) is 3.89. The SMILES string of the molecule is CN1CC=Cc2c1c1cc(-c3ccc4c(c3)c3ncccc3n4-c3ccc4c(c3)-c3ncccc3C4(C)C)ccc1n2-c1ccc2c(c1)C1=C(C=CCN1)C2(C)C. The minimum absolute atomic E-state index is 0.0364. The van der Waals surface area contributed by atoms with Crippen molar-refractivity contribution in [1.29, 1.82) is 0 Å². The van der Waals surface area contributed by atoms with Crippen molar-refractivity contribution in [3.63, 3.8) is 0 Å². The van der Waals surface area contributed by atoms with Gasteiger partial charge < -0.3 is 19.4 Å². The number of aromatic nitrogens is 4. The van der Waals surface area contributed by atoms with Crippen LogP contribution in [0.5, 0.6) is 0 Å². The molecule has 0 spiro atoms. The van der Waals surface area contributed by atoms with Gasteiger partial charge in [-0.05, 0) is 106 Å².